The molecular formula is C20H25N5O6S. The molecular weight excluding hydrogens is 438 g/mol. The molecule has 0 aliphatic heterocycles. The van der Waals surface area contributed by atoms with Crippen molar-refractivity contribution in [3.8, 4) is 5.75 Å². The minimum absolute atomic E-state index is 0.0165. The van der Waals surface area contributed by atoms with Crippen LogP contribution < -0.4 is 31.4 Å². The third-order valence-electron chi connectivity index (χ3n) is 4.30. The highest BCUT2D eigenvalue weighted by Crippen LogP contribution is 2.26. The Kier molecular flexibility index (Phi) is 8.02. The van der Waals surface area contributed by atoms with Gasteiger partial charge < -0.3 is 15.8 Å². The van der Waals surface area contributed by atoms with Crippen molar-refractivity contribution in [3.63, 3.8) is 0 Å². The van der Waals surface area contributed by atoms with E-state index < -0.39 is 33.9 Å². The predicted octanol–water partition coefficient (Wildman–Crippen LogP) is 0.950. The highest BCUT2D eigenvalue weighted by Gasteiger charge is 2.24. The van der Waals surface area contributed by atoms with E-state index in [2.05, 4.69) is 20.9 Å². The number of methoxy groups -OCH3 is 1. The molecule has 172 valence electrons. The molecule has 1 atom stereocenters. The number of anilines is 1. The number of hydrogen-bond acceptors (Lipinski definition) is 6. The van der Waals surface area contributed by atoms with E-state index in [1.807, 2.05) is 0 Å². The first-order chi connectivity index (χ1) is 15.0. The van der Waals surface area contributed by atoms with Crippen LogP contribution in [-0.4, -0.2) is 39.4 Å². The summed E-state index contributed by atoms with van der Waals surface area (Å²) in [5.74, 6) is -1.41. The summed E-state index contributed by atoms with van der Waals surface area (Å²) in [7, 11) is -2.62. The number of benzene rings is 2. The van der Waals surface area contributed by atoms with Crippen molar-refractivity contribution in [3.05, 3.63) is 54.1 Å². The van der Waals surface area contributed by atoms with Gasteiger partial charge >= 0.3 is 6.03 Å². The van der Waals surface area contributed by atoms with Gasteiger partial charge in [-0.2, -0.15) is 0 Å². The smallest absolute Gasteiger partial charge is 0.312 e. The third-order valence-corrected chi connectivity index (χ3v) is 5.67. The average molecular weight is 464 g/mol. The van der Waals surface area contributed by atoms with E-state index in [1.54, 1.807) is 32.0 Å². The van der Waals surface area contributed by atoms with E-state index in [0.29, 0.717) is 5.75 Å². The second-order valence-electron chi connectivity index (χ2n) is 7.01. The van der Waals surface area contributed by atoms with Gasteiger partial charge in [0.2, 0.25) is 0 Å². The maximum atomic E-state index is 12.8. The molecule has 0 aromatic heterocycles. The summed E-state index contributed by atoms with van der Waals surface area (Å²) in [6.45, 7) is 3.37. The number of primary amides is 1. The Balaban J connectivity index is 2.13. The fourth-order valence-corrected chi connectivity index (χ4v) is 3.81. The Morgan fingerprint density at radius 2 is 1.69 bits per heavy atom. The molecule has 0 radical (unpaired) electrons. The van der Waals surface area contributed by atoms with Crippen LogP contribution in [0.15, 0.2) is 53.4 Å². The van der Waals surface area contributed by atoms with E-state index >= 15 is 0 Å². The first-order valence-electron chi connectivity index (χ1n) is 9.47. The summed E-state index contributed by atoms with van der Waals surface area (Å²) in [6.07, 6.45) is 0. The maximum absolute atomic E-state index is 12.8. The summed E-state index contributed by atoms with van der Waals surface area (Å²) < 4.78 is 33.1. The molecule has 6 N–H and O–H groups in total. The van der Waals surface area contributed by atoms with Crippen molar-refractivity contribution in [2.45, 2.75) is 24.8 Å². The molecule has 12 heteroatoms. The van der Waals surface area contributed by atoms with Gasteiger partial charge in [-0.3, -0.25) is 25.2 Å². The zero-order valence-electron chi connectivity index (χ0n) is 17.7. The standard InChI is InChI=1S/C20H25N5O6S/c1-12(2)17(22-20(21)28)19(27)24-23-18(26)13-7-6-8-14(11-13)32(29,30)25-15-9-4-5-10-16(15)31-3/h4-12,17,25H,1-3H3,(H,23,26)(H,24,27)(H3,21,22,28). The molecule has 0 aliphatic rings. The van der Waals surface area contributed by atoms with E-state index in [9.17, 15) is 22.8 Å². The van der Waals surface area contributed by atoms with Crippen molar-refractivity contribution < 1.29 is 27.5 Å². The highest BCUT2D eigenvalue weighted by atomic mass is 32.2. The van der Waals surface area contributed by atoms with Crippen LogP contribution in [0, 0.1) is 5.92 Å². The minimum Gasteiger partial charge on any atom is -0.495 e. The Hall–Kier alpha value is -3.80. The monoisotopic (exact) mass is 463 g/mol. The summed E-state index contributed by atoms with van der Waals surface area (Å²) in [5.41, 5.74) is 9.66. The van der Waals surface area contributed by atoms with Gasteiger partial charge in [0.25, 0.3) is 21.8 Å². The van der Waals surface area contributed by atoms with Crippen LogP contribution in [0.3, 0.4) is 0 Å². The van der Waals surface area contributed by atoms with Gasteiger partial charge in [0.05, 0.1) is 17.7 Å². The molecule has 2 aromatic rings. The summed E-state index contributed by atoms with van der Waals surface area (Å²) >= 11 is 0. The van der Waals surface area contributed by atoms with Crippen LogP contribution in [0.1, 0.15) is 24.2 Å². The third kappa shape index (κ3) is 6.35. The molecule has 0 saturated carbocycles. The number of urea groups is 1. The number of amides is 4. The van der Waals surface area contributed by atoms with E-state index in [1.165, 1.54) is 31.4 Å². The molecule has 4 amide bonds. The van der Waals surface area contributed by atoms with Gasteiger partial charge in [-0.25, -0.2) is 13.2 Å². The quantitative estimate of drug-likeness (QED) is 0.365. The predicted molar refractivity (Wildman–Crippen MR) is 117 cm³/mol. The van der Waals surface area contributed by atoms with Crippen molar-refractivity contribution >= 4 is 33.6 Å². The van der Waals surface area contributed by atoms with E-state index in [0.717, 1.165) is 6.07 Å². The van der Waals surface area contributed by atoms with Crippen LogP contribution in [0.2, 0.25) is 0 Å². The molecule has 1 unspecified atom stereocenters. The van der Waals surface area contributed by atoms with Gasteiger partial charge in [-0.05, 0) is 36.2 Å². The molecule has 0 saturated heterocycles. The lowest BCUT2D eigenvalue weighted by molar-refractivity contribution is -0.124. The Bertz CT molecular complexity index is 1100. The lowest BCUT2D eigenvalue weighted by atomic mass is 10.0. The largest absolute Gasteiger partial charge is 0.495 e. The number of hydrogen-bond donors (Lipinski definition) is 5. The Morgan fingerprint density at radius 1 is 1.00 bits per heavy atom. The normalized spacial score (nSPS) is 11.9. The molecule has 11 nitrogen and oxygen atoms in total. The number of sulfonamides is 1. The van der Waals surface area contributed by atoms with Crippen molar-refractivity contribution in [1.29, 1.82) is 0 Å². The molecule has 2 aromatic carbocycles. The van der Waals surface area contributed by atoms with Crippen LogP contribution in [-0.2, 0) is 14.8 Å². The average Bonchev–Trinajstić information content (AvgIpc) is 2.75. The number of para-hydroxylation sites is 2. The Labute approximate surface area is 185 Å². The second-order valence-corrected chi connectivity index (χ2v) is 8.69. The minimum atomic E-state index is -4.03. The topological polar surface area (TPSA) is 169 Å². The van der Waals surface area contributed by atoms with Gasteiger partial charge in [0, 0.05) is 5.56 Å². The summed E-state index contributed by atoms with van der Waals surface area (Å²) in [4.78, 5) is 35.5. The summed E-state index contributed by atoms with van der Waals surface area (Å²) in [6, 6.07) is 9.86. The molecule has 0 bridgehead atoms. The zero-order chi connectivity index (χ0) is 23.9. The fraction of sp³-hybridized carbons (Fsp3) is 0.250. The van der Waals surface area contributed by atoms with Crippen molar-refractivity contribution in [2.75, 3.05) is 11.8 Å². The lowest BCUT2D eigenvalue weighted by Crippen LogP contribution is -2.55. The maximum Gasteiger partial charge on any atom is 0.312 e. The van der Waals surface area contributed by atoms with Crippen LogP contribution >= 0.6 is 0 Å². The van der Waals surface area contributed by atoms with Crippen LogP contribution in [0.4, 0.5) is 10.5 Å². The van der Waals surface area contributed by atoms with E-state index in [-0.39, 0.29) is 22.1 Å². The lowest BCUT2D eigenvalue weighted by Gasteiger charge is -2.20. The first kappa shape index (κ1) is 24.5. The molecule has 0 heterocycles. The molecule has 32 heavy (non-hydrogen) atoms. The molecule has 0 aliphatic carbocycles. The molecule has 0 spiro atoms. The number of rotatable bonds is 8. The number of carbonyl (C=O) groups is 3. The SMILES string of the molecule is COc1ccccc1NS(=O)(=O)c1cccc(C(=O)NNC(=O)C(NC(N)=O)C(C)C)c1. The van der Waals surface area contributed by atoms with Gasteiger partial charge in [0.1, 0.15) is 11.8 Å². The van der Waals surface area contributed by atoms with E-state index in [4.69, 9.17) is 10.5 Å². The molecule has 0 fully saturated rings. The second kappa shape index (κ2) is 10.5. The number of nitrogens with two attached hydrogens (primary N) is 1. The Morgan fingerprint density at radius 3 is 2.31 bits per heavy atom. The number of ether oxygens (including phenoxy) is 1. The van der Waals surface area contributed by atoms with Gasteiger partial charge in [-0.1, -0.05) is 32.0 Å². The molecule has 2 rings (SSSR count). The highest BCUT2D eigenvalue weighted by molar-refractivity contribution is 7.92. The van der Waals surface area contributed by atoms with Crippen LogP contribution in [0.25, 0.3) is 0 Å². The van der Waals surface area contributed by atoms with Gasteiger partial charge in [0.15, 0.2) is 0 Å². The van der Waals surface area contributed by atoms with Crippen molar-refractivity contribution in [2.24, 2.45) is 11.7 Å². The number of carbonyl (C=O) groups excluding carboxylic acids is 3. The van der Waals surface area contributed by atoms with Crippen LogP contribution in [0.5, 0.6) is 5.75 Å². The van der Waals surface area contributed by atoms with Crippen molar-refractivity contribution in [1.82, 2.24) is 16.2 Å². The first-order valence-corrected chi connectivity index (χ1v) is 11.0. The summed E-state index contributed by atoms with van der Waals surface area (Å²) in [5, 5.41) is 2.28. The number of hydrazine groups is 1. The number of nitrogens with one attached hydrogen (secondary N) is 4. The zero-order valence-corrected chi connectivity index (χ0v) is 18.5. The van der Waals surface area contributed by atoms with Gasteiger partial charge in [-0.15, -0.1) is 0 Å². The fourth-order valence-electron chi connectivity index (χ4n) is 2.69.